The Balaban J connectivity index is 1.17. The van der Waals surface area contributed by atoms with Crippen molar-refractivity contribution in [1.82, 2.24) is 9.80 Å². The summed E-state index contributed by atoms with van der Waals surface area (Å²) in [6.07, 6.45) is 3.34. The second kappa shape index (κ2) is 9.87. The summed E-state index contributed by atoms with van der Waals surface area (Å²) < 4.78 is 25.6. The average molecular weight is 469 g/mol. The van der Waals surface area contributed by atoms with Gasteiger partial charge in [0.2, 0.25) is 5.91 Å². The number of unbranched alkanes of at least 4 members (excludes halogenated alkanes) is 2. The summed E-state index contributed by atoms with van der Waals surface area (Å²) in [6.45, 7) is 1.25. The third-order valence-corrected chi connectivity index (χ3v) is 8.73. The summed E-state index contributed by atoms with van der Waals surface area (Å²) in [5, 5.41) is -0.455. The number of hydrogen-bond donors (Lipinski definition) is 0. The topological polar surface area (TPSA) is 91.8 Å². The molecule has 2 aliphatic rings. The molecule has 33 heavy (non-hydrogen) atoms. The quantitative estimate of drug-likeness (QED) is 0.438. The SMILES string of the molecule is O=C(CCCCCN1C(=O)c2ccccc2C1=O)N1CCC(S(=O)(=O)c2ccccc2)CC1. The highest BCUT2D eigenvalue weighted by Crippen LogP contribution is 2.25. The molecule has 0 atom stereocenters. The smallest absolute Gasteiger partial charge is 0.261 e. The van der Waals surface area contributed by atoms with E-state index in [-0.39, 0.29) is 17.7 Å². The Bertz CT molecular complexity index is 1100. The summed E-state index contributed by atoms with van der Waals surface area (Å²) >= 11 is 0. The van der Waals surface area contributed by atoms with E-state index in [2.05, 4.69) is 0 Å². The standard InChI is InChI=1S/C25H28N2O5S/c28-23(26-17-14-20(15-18-26)33(31,32)19-9-3-1-4-10-19)13-5-2-8-16-27-24(29)21-11-6-7-12-22(21)25(27)30/h1,3-4,6-7,9-12,20H,2,5,8,13-18H2. The van der Waals surface area contributed by atoms with E-state index in [4.69, 9.17) is 0 Å². The van der Waals surface area contributed by atoms with Gasteiger partial charge in [0.15, 0.2) is 9.84 Å². The molecule has 8 heteroatoms. The minimum atomic E-state index is -3.37. The summed E-state index contributed by atoms with van der Waals surface area (Å²) in [4.78, 5) is 40.7. The van der Waals surface area contributed by atoms with E-state index < -0.39 is 15.1 Å². The molecule has 2 aromatic carbocycles. The zero-order valence-electron chi connectivity index (χ0n) is 18.5. The number of carbonyl (C=O) groups excluding carboxylic acids is 3. The normalized spacial score (nSPS) is 16.8. The van der Waals surface area contributed by atoms with Crippen molar-refractivity contribution in [2.75, 3.05) is 19.6 Å². The van der Waals surface area contributed by atoms with Crippen molar-refractivity contribution in [3.8, 4) is 0 Å². The predicted octanol–water partition coefficient (Wildman–Crippen LogP) is 3.31. The molecule has 0 aromatic heterocycles. The Hall–Kier alpha value is -3.00. The maximum Gasteiger partial charge on any atom is 0.261 e. The molecule has 0 unspecified atom stereocenters. The van der Waals surface area contributed by atoms with Gasteiger partial charge in [-0.3, -0.25) is 19.3 Å². The molecule has 0 radical (unpaired) electrons. The number of benzene rings is 2. The zero-order valence-corrected chi connectivity index (χ0v) is 19.3. The van der Waals surface area contributed by atoms with E-state index in [0.717, 1.165) is 6.42 Å². The van der Waals surface area contributed by atoms with Crippen molar-refractivity contribution >= 4 is 27.6 Å². The van der Waals surface area contributed by atoms with Crippen molar-refractivity contribution in [3.05, 3.63) is 65.7 Å². The summed E-state index contributed by atoms with van der Waals surface area (Å²) in [5.41, 5.74) is 0.908. The highest BCUT2D eigenvalue weighted by molar-refractivity contribution is 7.92. The van der Waals surface area contributed by atoms with Crippen LogP contribution in [0.4, 0.5) is 0 Å². The maximum atomic E-state index is 12.8. The number of hydrogen-bond acceptors (Lipinski definition) is 5. The fourth-order valence-corrected chi connectivity index (χ4v) is 6.29. The van der Waals surface area contributed by atoms with Gasteiger partial charge in [-0.05, 0) is 49.9 Å². The van der Waals surface area contributed by atoms with E-state index in [9.17, 15) is 22.8 Å². The van der Waals surface area contributed by atoms with E-state index in [0.29, 0.717) is 67.8 Å². The predicted molar refractivity (Wildman–Crippen MR) is 124 cm³/mol. The highest BCUT2D eigenvalue weighted by Gasteiger charge is 2.35. The molecule has 0 bridgehead atoms. The fraction of sp³-hybridized carbons (Fsp3) is 0.400. The molecule has 2 aromatic rings. The lowest BCUT2D eigenvalue weighted by atomic mass is 10.1. The van der Waals surface area contributed by atoms with E-state index >= 15 is 0 Å². The molecular formula is C25H28N2O5S. The third-order valence-electron chi connectivity index (χ3n) is 6.46. The molecule has 0 aliphatic carbocycles. The lowest BCUT2D eigenvalue weighted by Gasteiger charge is -2.32. The number of rotatable bonds is 8. The molecule has 2 heterocycles. The molecular weight excluding hydrogens is 440 g/mol. The number of imide groups is 1. The molecule has 0 saturated carbocycles. The van der Waals surface area contributed by atoms with Crippen LogP contribution in [0.15, 0.2) is 59.5 Å². The second-order valence-corrected chi connectivity index (χ2v) is 10.8. The first kappa shape index (κ1) is 23.2. The minimum absolute atomic E-state index is 0.0336. The first-order valence-corrected chi connectivity index (χ1v) is 13.0. The molecule has 0 N–H and O–H groups in total. The first-order chi connectivity index (χ1) is 15.9. The van der Waals surface area contributed by atoms with Gasteiger partial charge in [0, 0.05) is 26.1 Å². The van der Waals surface area contributed by atoms with E-state index in [1.165, 1.54) is 4.90 Å². The average Bonchev–Trinajstić information content (AvgIpc) is 3.09. The number of sulfone groups is 1. The van der Waals surface area contributed by atoms with Crippen LogP contribution < -0.4 is 0 Å². The zero-order chi connectivity index (χ0) is 23.4. The summed E-state index contributed by atoms with van der Waals surface area (Å²) in [5.74, 6) is -0.466. The highest BCUT2D eigenvalue weighted by atomic mass is 32.2. The fourth-order valence-electron chi connectivity index (χ4n) is 4.54. The van der Waals surface area contributed by atoms with Crippen LogP contribution in [0.3, 0.4) is 0 Å². The van der Waals surface area contributed by atoms with Crippen LogP contribution in [-0.2, 0) is 14.6 Å². The number of nitrogens with zero attached hydrogens (tertiary/aromatic N) is 2. The molecule has 3 amide bonds. The van der Waals surface area contributed by atoms with Crippen LogP contribution in [0, 0.1) is 0 Å². The van der Waals surface area contributed by atoms with Crippen molar-refractivity contribution < 1.29 is 22.8 Å². The molecule has 2 aliphatic heterocycles. The molecule has 174 valence electrons. The van der Waals surface area contributed by atoms with Crippen LogP contribution in [-0.4, -0.2) is 60.8 Å². The van der Waals surface area contributed by atoms with Gasteiger partial charge in [-0.1, -0.05) is 36.8 Å². The Kier molecular flexibility index (Phi) is 6.93. The van der Waals surface area contributed by atoms with Gasteiger partial charge in [0.25, 0.3) is 11.8 Å². The Morgan fingerprint density at radius 3 is 2.00 bits per heavy atom. The monoisotopic (exact) mass is 468 g/mol. The van der Waals surface area contributed by atoms with Gasteiger partial charge in [-0.25, -0.2) is 8.42 Å². The summed E-state index contributed by atoms with van der Waals surface area (Å²) in [6, 6.07) is 15.3. The van der Waals surface area contributed by atoms with Crippen LogP contribution in [0.25, 0.3) is 0 Å². The molecule has 4 rings (SSSR count). The number of likely N-dealkylation sites (tertiary alicyclic amines) is 1. The van der Waals surface area contributed by atoms with Crippen molar-refractivity contribution in [3.63, 3.8) is 0 Å². The molecule has 1 saturated heterocycles. The van der Waals surface area contributed by atoms with Crippen LogP contribution in [0.1, 0.15) is 59.2 Å². The first-order valence-electron chi connectivity index (χ1n) is 11.4. The Morgan fingerprint density at radius 1 is 0.818 bits per heavy atom. The molecule has 1 fully saturated rings. The lowest BCUT2D eigenvalue weighted by Crippen LogP contribution is -2.42. The largest absolute Gasteiger partial charge is 0.343 e. The van der Waals surface area contributed by atoms with Gasteiger partial charge in [-0.2, -0.15) is 0 Å². The van der Waals surface area contributed by atoms with E-state index in [1.807, 2.05) is 0 Å². The van der Waals surface area contributed by atoms with Crippen LogP contribution in [0.2, 0.25) is 0 Å². The van der Waals surface area contributed by atoms with Gasteiger partial charge >= 0.3 is 0 Å². The van der Waals surface area contributed by atoms with Gasteiger partial charge in [0.05, 0.1) is 21.3 Å². The Morgan fingerprint density at radius 2 is 1.39 bits per heavy atom. The van der Waals surface area contributed by atoms with Gasteiger partial charge in [-0.15, -0.1) is 0 Å². The molecule has 0 spiro atoms. The minimum Gasteiger partial charge on any atom is -0.343 e. The second-order valence-electron chi connectivity index (χ2n) is 8.56. The number of fused-ring (bicyclic) bond motifs is 1. The number of carbonyl (C=O) groups is 3. The van der Waals surface area contributed by atoms with Gasteiger partial charge < -0.3 is 4.90 Å². The summed E-state index contributed by atoms with van der Waals surface area (Å²) in [7, 11) is -3.37. The third kappa shape index (κ3) is 4.85. The van der Waals surface area contributed by atoms with E-state index in [1.54, 1.807) is 59.5 Å². The van der Waals surface area contributed by atoms with Crippen LogP contribution >= 0.6 is 0 Å². The van der Waals surface area contributed by atoms with Crippen molar-refractivity contribution in [2.45, 2.75) is 48.7 Å². The maximum absolute atomic E-state index is 12.8. The lowest BCUT2D eigenvalue weighted by molar-refractivity contribution is -0.132. The van der Waals surface area contributed by atoms with Crippen molar-refractivity contribution in [2.24, 2.45) is 0 Å². The van der Waals surface area contributed by atoms with Gasteiger partial charge in [0.1, 0.15) is 0 Å². The number of amides is 3. The molecule has 7 nitrogen and oxygen atoms in total. The number of piperidine rings is 1. The Labute approximate surface area is 194 Å². The van der Waals surface area contributed by atoms with Crippen LogP contribution in [0.5, 0.6) is 0 Å². The van der Waals surface area contributed by atoms with Crippen molar-refractivity contribution in [1.29, 1.82) is 0 Å².